The second-order valence-electron chi connectivity index (χ2n) is 6.32. The monoisotopic (exact) mass is 293 g/mol. The van der Waals surface area contributed by atoms with Crippen LogP contribution >= 0.6 is 11.6 Å². The van der Waals surface area contributed by atoms with E-state index in [2.05, 4.69) is 37.6 Å². The van der Waals surface area contributed by atoms with Crippen LogP contribution in [0.25, 0.3) is 0 Å². The summed E-state index contributed by atoms with van der Waals surface area (Å²) in [4.78, 5) is 6.97. The van der Waals surface area contributed by atoms with Crippen molar-refractivity contribution in [2.24, 2.45) is 0 Å². The highest BCUT2D eigenvalue weighted by Crippen LogP contribution is 2.26. The molecule has 20 heavy (non-hydrogen) atoms. The number of nitrogens with zero attached hydrogens (tertiary/aromatic N) is 2. The third kappa shape index (κ3) is 3.97. The van der Waals surface area contributed by atoms with E-state index < -0.39 is 0 Å². The average molecular weight is 294 g/mol. The summed E-state index contributed by atoms with van der Waals surface area (Å²) < 4.78 is 0. The summed E-state index contributed by atoms with van der Waals surface area (Å²) in [6, 6.07) is 4.58. The van der Waals surface area contributed by atoms with Crippen LogP contribution in [0.3, 0.4) is 0 Å². The van der Waals surface area contributed by atoms with E-state index in [4.69, 9.17) is 16.6 Å². The third-order valence-corrected chi connectivity index (χ3v) is 3.78. The summed E-state index contributed by atoms with van der Waals surface area (Å²) >= 11 is 6.25. The van der Waals surface area contributed by atoms with Gasteiger partial charge in [-0.2, -0.15) is 0 Å². The van der Waals surface area contributed by atoms with Gasteiger partial charge < -0.3 is 10.2 Å². The Bertz CT molecular complexity index is 475. The first-order chi connectivity index (χ1) is 9.41. The maximum atomic E-state index is 6.25. The molecule has 1 aliphatic carbocycles. The predicted octanol–water partition coefficient (Wildman–Crippen LogP) is 3.78. The molecule has 0 unspecified atom stereocenters. The molecule has 0 bridgehead atoms. The van der Waals surface area contributed by atoms with Crippen LogP contribution in [0.1, 0.15) is 39.3 Å². The summed E-state index contributed by atoms with van der Waals surface area (Å²) in [6.45, 7) is 11.9. The van der Waals surface area contributed by atoms with Crippen LogP contribution in [0.5, 0.6) is 0 Å². The van der Waals surface area contributed by atoms with E-state index in [1.165, 1.54) is 12.8 Å². The second kappa shape index (κ2) is 6.15. The first-order valence-electron chi connectivity index (χ1n) is 7.19. The molecule has 2 rings (SSSR count). The van der Waals surface area contributed by atoms with Crippen molar-refractivity contribution in [3.8, 4) is 0 Å². The maximum Gasteiger partial charge on any atom is 0.129 e. The lowest BCUT2D eigenvalue weighted by Gasteiger charge is -2.36. The van der Waals surface area contributed by atoms with Crippen molar-refractivity contribution in [2.75, 3.05) is 11.4 Å². The molecule has 1 heterocycles. The number of pyridine rings is 1. The lowest BCUT2D eigenvalue weighted by atomic mass is 10.1. The fourth-order valence-electron chi connectivity index (χ4n) is 2.12. The molecule has 0 radical (unpaired) electrons. The molecule has 0 aromatic carbocycles. The van der Waals surface area contributed by atoms with Gasteiger partial charge in [-0.25, -0.2) is 4.98 Å². The molecule has 0 spiro atoms. The van der Waals surface area contributed by atoms with Gasteiger partial charge in [-0.15, -0.1) is 6.58 Å². The number of anilines is 1. The van der Waals surface area contributed by atoms with Gasteiger partial charge >= 0.3 is 0 Å². The van der Waals surface area contributed by atoms with Crippen LogP contribution in [0.4, 0.5) is 5.82 Å². The molecule has 1 aliphatic rings. The Labute approximate surface area is 127 Å². The highest BCUT2D eigenvalue weighted by atomic mass is 35.5. The van der Waals surface area contributed by atoms with E-state index in [1.54, 1.807) is 0 Å². The summed E-state index contributed by atoms with van der Waals surface area (Å²) in [5, 5.41) is 4.20. The van der Waals surface area contributed by atoms with Crippen LogP contribution in [0.15, 0.2) is 24.8 Å². The number of hydrogen-bond acceptors (Lipinski definition) is 3. The van der Waals surface area contributed by atoms with E-state index in [9.17, 15) is 0 Å². The van der Waals surface area contributed by atoms with Gasteiger partial charge in [-0.1, -0.05) is 17.7 Å². The Morgan fingerprint density at radius 2 is 2.15 bits per heavy atom. The summed E-state index contributed by atoms with van der Waals surface area (Å²) in [7, 11) is 0. The Hall–Kier alpha value is -1.06. The quantitative estimate of drug-likeness (QED) is 0.809. The molecule has 0 saturated heterocycles. The highest BCUT2D eigenvalue weighted by Gasteiger charge is 2.23. The first kappa shape index (κ1) is 15.3. The van der Waals surface area contributed by atoms with Crippen LogP contribution in [-0.4, -0.2) is 23.1 Å². The van der Waals surface area contributed by atoms with Crippen molar-refractivity contribution in [1.29, 1.82) is 0 Å². The number of halogens is 1. The molecule has 4 heteroatoms. The van der Waals surface area contributed by atoms with Crippen LogP contribution in [-0.2, 0) is 6.54 Å². The van der Waals surface area contributed by atoms with E-state index in [-0.39, 0.29) is 5.54 Å². The highest BCUT2D eigenvalue weighted by molar-refractivity contribution is 6.31. The number of rotatable bonds is 6. The predicted molar refractivity (Wildman–Crippen MR) is 86.4 cm³/mol. The Kier molecular flexibility index (Phi) is 4.71. The largest absolute Gasteiger partial charge is 0.348 e. The van der Waals surface area contributed by atoms with Crippen LogP contribution in [0.2, 0.25) is 5.02 Å². The number of nitrogens with one attached hydrogen (secondary N) is 1. The molecule has 1 fully saturated rings. The maximum absolute atomic E-state index is 6.25. The molecular weight excluding hydrogens is 270 g/mol. The van der Waals surface area contributed by atoms with Gasteiger partial charge in [0.1, 0.15) is 5.82 Å². The molecule has 1 aromatic heterocycles. The molecule has 1 aromatic rings. The van der Waals surface area contributed by atoms with Gasteiger partial charge in [0.25, 0.3) is 0 Å². The van der Waals surface area contributed by atoms with Crippen molar-refractivity contribution in [2.45, 2.75) is 51.7 Å². The van der Waals surface area contributed by atoms with E-state index >= 15 is 0 Å². The van der Waals surface area contributed by atoms with Crippen molar-refractivity contribution in [3.05, 3.63) is 35.5 Å². The molecule has 0 atom stereocenters. The smallest absolute Gasteiger partial charge is 0.129 e. The molecule has 3 nitrogen and oxygen atoms in total. The van der Waals surface area contributed by atoms with Crippen molar-refractivity contribution in [3.63, 3.8) is 0 Å². The van der Waals surface area contributed by atoms with E-state index in [1.807, 2.05) is 18.2 Å². The lowest BCUT2D eigenvalue weighted by Crippen LogP contribution is -2.42. The number of hydrogen-bond donors (Lipinski definition) is 1. The minimum atomic E-state index is -0.00376. The van der Waals surface area contributed by atoms with Crippen molar-refractivity contribution < 1.29 is 0 Å². The summed E-state index contributed by atoms with van der Waals surface area (Å²) in [6.07, 6.45) is 4.44. The van der Waals surface area contributed by atoms with Crippen molar-refractivity contribution >= 4 is 17.4 Å². The molecule has 0 amide bonds. The van der Waals surface area contributed by atoms with Crippen molar-refractivity contribution in [1.82, 2.24) is 10.3 Å². The van der Waals surface area contributed by atoms with Gasteiger partial charge in [0.2, 0.25) is 0 Å². The minimum absolute atomic E-state index is 0.00376. The zero-order valence-corrected chi connectivity index (χ0v) is 13.4. The van der Waals surface area contributed by atoms with Crippen LogP contribution in [0, 0.1) is 0 Å². The Balaban J connectivity index is 2.20. The fourth-order valence-corrected chi connectivity index (χ4v) is 2.29. The van der Waals surface area contributed by atoms with Gasteiger partial charge in [0.05, 0.1) is 10.7 Å². The Morgan fingerprint density at radius 1 is 1.45 bits per heavy atom. The fraction of sp³-hybridized carbons (Fsp3) is 0.562. The van der Waals surface area contributed by atoms with Gasteiger partial charge in [-0.3, -0.25) is 0 Å². The zero-order chi connectivity index (χ0) is 14.8. The third-order valence-electron chi connectivity index (χ3n) is 3.44. The van der Waals surface area contributed by atoms with E-state index in [0.29, 0.717) is 6.04 Å². The topological polar surface area (TPSA) is 28.2 Å². The van der Waals surface area contributed by atoms with E-state index in [0.717, 1.165) is 29.6 Å². The summed E-state index contributed by atoms with van der Waals surface area (Å²) in [5.41, 5.74) is 0.922. The Morgan fingerprint density at radius 3 is 2.70 bits per heavy atom. The van der Waals surface area contributed by atoms with Gasteiger partial charge in [0, 0.05) is 24.7 Å². The number of aromatic nitrogens is 1. The zero-order valence-electron chi connectivity index (χ0n) is 12.6. The second-order valence-corrected chi connectivity index (χ2v) is 6.73. The van der Waals surface area contributed by atoms with Crippen LogP contribution < -0.4 is 10.2 Å². The summed E-state index contributed by atoms with van der Waals surface area (Å²) in [5.74, 6) is 0.953. The average Bonchev–Trinajstić information content (AvgIpc) is 3.18. The SMILES string of the molecule is C=CCN(c1ccc(Cl)c(CNC2CC2)n1)C(C)(C)C. The molecule has 110 valence electrons. The lowest BCUT2D eigenvalue weighted by molar-refractivity contribution is 0.516. The minimum Gasteiger partial charge on any atom is -0.348 e. The molecule has 1 saturated carbocycles. The molecular formula is C16H24ClN3. The molecule has 1 N–H and O–H groups in total. The van der Waals surface area contributed by atoms with Gasteiger partial charge in [0.15, 0.2) is 0 Å². The molecule has 0 aliphatic heterocycles. The first-order valence-corrected chi connectivity index (χ1v) is 7.57. The normalized spacial score (nSPS) is 15.2. The van der Waals surface area contributed by atoms with Gasteiger partial charge in [-0.05, 0) is 45.7 Å². The standard InChI is InChI=1S/C16H24ClN3/c1-5-10-20(16(2,3)4)15-9-8-13(17)14(19-15)11-18-12-6-7-12/h5,8-9,12,18H,1,6-7,10-11H2,2-4H3.